The van der Waals surface area contributed by atoms with Gasteiger partial charge in [0.05, 0.1) is 5.69 Å². The zero-order valence-corrected chi connectivity index (χ0v) is 17.3. The number of guanidine groups is 1. The average Bonchev–Trinajstić information content (AvgIpc) is 2.63. The fourth-order valence-corrected chi connectivity index (χ4v) is 3.27. The van der Waals surface area contributed by atoms with Gasteiger partial charge in [0.2, 0.25) is 0 Å². The second-order valence-electron chi connectivity index (χ2n) is 6.51. The molecule has 1 aromatic carbocycles. The van der Waals surface area contributed by atoms with E-state index in [1.807, 2.05) is 31.4 Å². The number of halogens is 1. The predicted octanol–water partition coefficient (Wildman–Crippen LogP) is 4.17. The van der Waals surface area contributed by atoms with E-state index >= 15 is 0 Å². The summed E-state index contributed by atoms with van der Waals surface area (Å²) in [5, 5.41) is 3.51. The minimum atomic E-state index is 0. The van der Waals surface area contributed by atoms with E-state index in [1.54, 1.807) is 0 Å². The molecule has 0 radical (unpaired) electrons. The fraction of sp³-hybridized carbons (Fsp3) is 0.400. The van der Waals surface area contributed by atoms with Gasteiger partial charge < -0.3 is 10.2 Å². The molecule has 25 heavy (non-hydrogen) atoms. The number of likely N-dealkylation sites (tertiary alicyclic amines) is 1. The van der Waals surface area contributed by atoms with Gasteiger partial charge in [-0.1, -0.05) is 31.2 Å². The van der Waals surface area contributed by atoms with Crippen molar-refractivity contribution in [2.45, 2.75) is 26.3 Å². The highest BCUT2D eigenvalue weighted by atomic mass is 127. The van der Waals surface area contributed by atoms with Crippen LogP contribution in [-0.2, 0) is 6.54 Å². The Labute approximate surface area is 167 Å². The first kappa shape index (κ1) is 19.7. The van der Waals surface area contributed by atoms with Crippen LogP contribution in [-0.4, -0.2) is 36.0 Å². The van der Waals surface area contributed by atoms with Gasteiger partial charge in [0.1, 0.15) is 0 Å². The Bertz CT molecular complexity index is 687. The molecule has 1 aliphatic heterocycles. The number of benzene rings is 1. The Morgan fingerprint density at radius 2 is 2.16 bits per heavy atom. The zero-order chi connectivity index (χ0) is 16.8. The lowest BCUT2D eigenvalue weighted by Crippen LogP contribution is -2.45. The quantitative estimate of drug-likeness (QED) is 0.434. The second kappa shape index (κ2) is 9.75. The van der Waals surface area contributed by atoms with Crippen molar-refractivity contribution < 1.29 is 0 Å². The van der Waals surface area contributed by atoms with Gasteiger partial charge in [0.15, 0.2) is 5.96 Å². The Hall–Kier alpha value is -1.63. The van der Waals surface area contributed by atoms with Crippen molar-refractivity contribution in [2.75, 3.05) is 20.1 Å². The fourth-order valence-electron chi connectivity index (χ4n) is 3.27. The number of piperidine rings is 1. The third-order valence-corrected chi connectivity index (χ3v) is 4.51. The SMILES string of the molecule is CN=C(NCc1cccc(-c2ccccn2)c1)N1CCCC(C)C1.I. The number of hydrogen-bond acceptors (Lipinski definition) is 2. The van der Waals surface area contributed by atoms with Gasteiger partial charge in [0, 0.05) is 38.4 Å². The van der Waals surface area contributed by atoms with Crippen LogP contribution >= 0.6 is 24.0 Å². The van der Waals surface area contributed by atoms with Crippen LogP contribution in [0.25, 0.3) is 11.3 Å². The Morgan fingerprint density at radius 3 is 2.88 bits per heavy atom. The van der Waals surface area contributed by atoms with Crippen molar-refractivity contribution in [3.05, 3.63) is 54.2 Å². The summed E-state index contributed by atoms with van der Waals surface area (Å²) in [6.45, 7) is 5.28. The Kier molecular flexibility index (Phi) is 7.68. The van der Waals surface area contributed by atoms with Crippen LogP contribution in [0.5, 0.6) is 0 Å². The van der Waals surface area contributed by atoms with E-state index in [-0.39, 0.29) is 24.0 Å². The first-order chi connectivity index (χ1) is 11.8. The summed E-state index contributed by atoms with van der Waals surface area (Å²) in [5.41, 5.74) is 3.40. The minimum Gasteiger partial charge on any atom is -0.352 e. The van der Waals surface area contributed by atoms with Crippen LogP contribution in [0.15, 0.2) is 53.7 Å². The lowest BCUT2D eigenvalue weighted by Gasteiger charge is -2.33. The number of hydrogen-bond donors (Lipinski definition) is 1. The highest BCUT2D eigenvalue weighted by molar-refractivity contribution is 14.0. The molecule has 0 spiro atoms. The van der Waals surface area contributed by atoms with E-state index in [4.69, 9.17) is 0 Å². The summed E-state index contributed by atoms with van der Waals surface area (Å²) in [4.78, 5) is 11.3. The molecular formula is C20H27IN4. The smallest absolute Gasteiger partial charge is 0.193 e. The normalized spacial score (nSPS) is 17.8. The summed E-state index contributed by atoms with van der Waals surface area (Å²) >= 11 is 0. The van der Waals surface area contributed by atoms with Crippen molar-refractivity contribution in [2.24, 2.45) is 10.9 Å². The van der Waals surface area contributed by atoms with E-state index in [0.29, 0.717) is 0 Å². The molecule has 5 heteroatoms. The molecule has 1 fully saturated rings. The average molecular weight is 450 g/mol. The highest BCUT2D eigenvalue weighted by Gasteiger charge is 2.18. The van der Waals surface area contributed by atoms with E-state index in [2.05, 4.69) is 51.4 Å². The first-order valence-electron chi connectivity index (χ1n) is 8.72. The lowest BCUT2D eigenvalue weighted by atomic mass is 10.0. The summed E-state index contributed by atoms with van der Waals surface area (Å²) in [6.07, 6.45) is 4.40. The molecule has 1 atom stereocenters. The van der Waals surface area contributed by atoms with Crippen LogP contribution in [0.3, 0.4) is 0 Å². The molecule has 1 N–H and O–H groups in total. The number of nitrogens with zero attached hydrogens (tertiary/aromatic N) is 3. The predicted molar refractivity (Wildman–Crippen MR) is 115 cm³/mol. The van der Waals surface area contributed by atoms with Crippen molar-refractivity contribution in [3.63, 3.8) is 0 Å². The van der Waals surface area contributed by atoms with Crippen molar-refractivity contribution in [1.82, 2.24) is 15.2 Å². The molecule has 1 aliphatic rings. The number of aliphatic imine (C=N–C) groups is 1. The van der Waals surface area contributed by atoms with E-state index in [0.717, 1.165) is 42.8 Å². The third-order valence-electron chi connectivity index (χ3n) is 4.51. The third kappa shape index (κ3) is 5.42. The zero-order valence-electron chi connectivity index (χ0n) is 15.0. The number of aromatic nitrogens is 1. The van der Waals surface area contributed by atoms with Gasteiger partial charge >= 0.3 is 0 Å². The van der Waals surface area contributed by atoms with Gasteiger partial charge in [-0.05, 0) is 42.5 Å². The van der Waals surface area contributed by atoms with Gasteiger partial charge in [-0.25, -0.2) is 0 Å². The second-order valence-corrected chi connectivity index (χ2v) is 6.51. The summed E-state index contributed by atoms with van der Waals surface area (Å²) in [7, 11) is 1.87. The monoisotopic (exact) mass is 450 g/mol. The van der Waals surface area contributed by atoms with Gasteiger partial charge in [0.25, 0.3) is 0 Å². The number of pyridine rings is 1. The van der Waals surface area contributed by atoms with E-state index in [1.165, 1.54) is 18.4 Å². The van der Waals surface area contributed by atoms with Crippen LogP contribution in [0.2, 0.25) is 0 Å². The molecular weight excluding hydrogens is 423 g/mol. The molecule has 2 heterocycles. The summed E-state index contributed by atoms with van der Waals surface area (Å²) in [6, 6.07) is 14.5. The van der Waals surface area contributed by atoms with Crippen LogP contribution < -0.4 is 5.32 Å². The van der Waals surface area contributed by atoms with Gasteiger partial charge in [-0.3, -0.25) is 9.98 Å². The van der Waals surface area contributed by atoms with Crippen molar-refractivity contribution in [1.29, 1.82) is 0 Å². The largest absolute Gasteiger partial charge is 0.352 e. The standard InChI is InChI=1S/C20H26N4.HI/c1-16-7-6-12-24(15-16)20(21-2)23-14-17-8-5-9-18(13-17)19-10-3-4-11-22-19;/h3-5,8-11,13,16H,6-7,12,14-15H2,1-2H3,(H,21,23);1H. The molecule has 3 rings (SSSR count). The maximum absolute atomic E-state index is 4.46. The Balaban J connectivity index is 0.00000225. The van der Waals surface area contributed by atoms with E-state index < -0.39 is 0 Å². The van der Waals surface area contributed by atoms with Crippen LogP contribution in [0, 0.1) is 5.92 Å². The topological polar surface area (TPSA) is 40.5 Å². The lowest BCUT2D eigenvalue weighted by molar-refractivity contribution is 0.266. The molecule has 0 aliphatic carbocycles. The number of nitrogens with one attached hydrogen (secondary N) is 1. The Morgan fingerprint density at radius 1 is 1.28 bits per heavy atom. The molecule has 2 aromatic rings. The molecule has 1 unspecified atom stereocenters. The van der Waals surface area contributed by atoms with Crippen LogP contribution in [0.1, 0.15) is 25.3 Å². The molecule has 134 valence electrons. The van der Waals surface area contributed by atoms with E-state index in [9.17, 15) is 0 Å². The molecule has 0 saturated carbocycles. The van der Waals surface area contributed by atoms with Crippen LogP contribution in [0.4, 0.5) is 0 Å². The van der Waals surface area contributed by atoms with Gasteiger partial charge in [-0.15, -0.1) is 24.0 Å². The maximum atomic E-state index is 4.46. The van der Waals surface area contributed by atoms with Crippen molar-refractivity contribution in [3.8, 4) is 11.3 Å². The molecule has 0 bridgehead atoms. The van der Waals surface area contributed by atoms with Gasteiger partial charge in [-0.2, -0.15) is 0 Å². The highest BCUT2D eigenvalue weighted by Crippen LogP contribution is 2.18. The molecule has 0 amide bonds. The minimum absolute atomic E-state index is 0. The number of rotatable bonds is 3. The maximum Gasteiger partial charge on any atom is 0.193 e. The summed E-state index contributed by atoms with van der Waals surface area (Å²) < 4.78 is 0. The van der Waals surface area contributed by atoms with Crippen molar-refractivity contribution >= 4 is 29.9 Å². The first-order valence-corrected chi connectivity index (χ1v) is 8.72. The molecule has 1 aromatic heterocycles. The molecule has 4 nitrogen and oxygen atoms in total. The molecule has 1 saturated heterocycles. The summed E-state index contributed by atoms with van der Waals surface area (Å²) in [5.74, 6) is 1.74.